The van der Waals surface area contributed by atoms with Gasteiger partial charge >= 0.3 is 0 Å². The highest BCUT2D eigenvalue weighted by Crippen LogP contribution is 2.18. The molecule has 1 aliphatic rings. The fourth-order valence-corrected chi connectivity index (χ4v) is 0.747. The topological polar surface area (TPSA) is 0 Å². The first-order valence-corrected chi connectivity index (χ1v) is 3.45. The molecule has 0 unspecified atom stereocenters. The quantitative estimate of drug-likeness (QED) is 0.489. The summed E-state index contributed by atoms with van der Waals surface area (Å²) in [5, 5.41) is 0. The molecule has 0 atom stereocenters. The van der Waals surface area contributed by atoms with Gasteiger partial charge in [-0.05, 0) is 6.08 Å². The van der Waals surface area contributed by atoms with E-state index in [0.29, 0.717) is 0 Å². The van der Waals surface area contributed by atoms with Gasteiger partial charge in [0.2, 0.25) is 7.28 Å². The van der Waals surface area contributed by atoms with Crippen molar-refractivity contribution in [1.29, 1.82) is 0 Å². The van der Waals surface area contributed by atoms with E-state index in [1.807, 2.05) is 0 Å². The normalized spacial score (nSPS) is 17.8. The molecule has 0 fully saturated rings. The zero-order valence-corrected chi connectivity index (χ0v) is 6.23. The van der Waals surface area contributed by atoms with Crippen molar-refractivity contribution in [2.24, 2.45) is 0 Å². The summed E-state index contributed by atoms with van der Waals surface area (Å²) in [4.78, 5) is 0. The predicted octanol–water partition coefficient (Wildman–Crippen LogP) is 2.47. The van der Waals surface area contributed by atoms with E-state index in [4.69, 9.17) is 0 Å². The molecule has 0 N–H and O–H groups in total. The van der Waals surface area contributed by atoms with Crippen molar-refractivity contribution < 1.29 is 13.2 Å². The highest BCUT2D eigenvalue weighted by atomic mass is 19.2. The van der Waals surface area contributed by atoms with E-state index in [0.717, 1.165) is 6.08 Å². The number of halogens is 3. The van der Waals surface area contributed by atoms with Crippen molar-refractivity contribution in [1.82, 2.24) is 0 Å². The summed E-state index contributed by atoms with van der Waals surface area (Å²) in [6.07, 6.45) is 5.22. The molecule has 4 heteroatoms. The van der Waals surface area contributed by atoms with Crippen LogP contribution in [0.3, 0.4) is 0 Å². The van der Waals surface area contributed by atoms with Gasteiger partial charge < -0.3 is 0 Å². The second-order valence-electron chi connectivity index (χ2n) is 2.25. The van der Waals surface area contributed by atoms with Crippen LogP contribution in [-0.4, -0.2) is 7.28 Å². The van der Waals surface area contributed by atoms with Gasteiger partial charge in [-0.3, -0.25) is 0 Å². The zero-order chi connectivity index (χ0) is 8.97. The van der Waals surface area contributed by atoms with Gasteiger partial charge in [0, 0.05) is 0 Å². The standard InChI is InChI=1S/C8H6BF3/c10-6-4-2-1-3-5-9-8(12)7(6)11/h1-5,9H. The number of allylic oxidation sites excluding steroid dienone is 6. The molecule has 0 saturated carbocycles. The van der Waals surface area contributed by atoms with Crippen molar-refractivity contribution in [2.75, 3.05) is 0 Å². The third-order valence-corrected chi connectivity index (χ3v) is 1.35. The number of hydrogen-bond acceptors (Lipinski definition) is 0. The van der Waals surface area contributed by atoms with Crippen LogP contribution in [0.25, 0.3) is 0 Å². The lowest BCUT2D eigenvalue weighted by atomic mass is 9.76. The van der Waals surface area contributed by atoms with Crippen molar-refractivity contribution >= 4 is 7.28 Å². The molecule has 62 valence electrons. The van der Waals surface area contributed by atoms with E-state index in [1.54, 1.807) is 0 Å². The van der Waals surface area contributed by atoms with E-state index < -0.39 is 17.4 Å². The summed E-state index contributed by atoms with van der Waals surface area (Å²) in [5.74, 6) is -1.17. The van der Waals surface area contributed by atoms with Crippen LogP contribution in [-0.2, 0) is 0 Å². The van der Waals surface area contributed by atoms with E-state index in [1.165, 1.54) is 24.2 Å². The van der Waals surface area contributed by atoms with E-state index in [9.17, 15) is 13.2 Å². The van der Waals surface area contributed by atoms with Gasteiger partial charge in [-0.15, -0.1) is 5.98 Å². The maximum atomic E-state index is 12.6. The lowest BCUT2D eigenvalue weighted by Crippen LogP contribution is -1.90. The Labute approximate surface area is 69.0 Å². The van der Waals surface area contributed by atoms with Crippen molar-refractivity contribution in [2.45, 2.75) is 0 Å². The first-order valence-electron chi connectivity index (χ1n) is 3.45. The van der Waals surface area contributed by atoms with E-state index >= 15 is 0 Å². The monoisotopic (exact) mass is 170 g/mol. The SMILES string of the molecule is FC1=CC=CC=CBC(F)=C1F. The van der Waals surface area contributed by atoms with Gasteiger partial charge in [-0.1, -0.05) is 18.2 Å². The van der Waals surface area contributed by atoms with Crippen LogP contribution in [0.2, 0.25) is 0 Å². The van der Waals surface area contributed by atoms with Gasteiger partial charge in [0.1, 0.15) is 0 Å². The zero-order valence-electron chi connectivity index (χ0n) is 6.23. The molecule has 1 rings (SSSR count). The van der Waals surface area contributed by atoms with Crippen LogP contribution in [0.5, 0.6) is 0 Å². The van der Waals surface area contributed by atoms with Crippen LogP contribution >= 0.6 is 0 Å². The van der Waals surface area contributed by atoms with Crippen molar-refractivity contribution in [3.05, 3.63) is 47.7 Å². The van der Waals surface area contributed by atoms with Gasteiger partial charge in [0.15, 0.2) is 11.7 Å². The smallest absolute Gasteiger partial charge is 0.220 e. The Bertz CT molecular complexity index is 281. The van der Waals surface area contributed by atoms with Gasteiger partial charge in [-0.25, -0.2) is 13.2 Å². The highest BCUT2D eigenvalue weighted by Gasteiger charge is 2.10. The molecule has 0 aliphatic carbocycles. The van der Waals surface area contributed by atoms with Crippen LogP contribution in [0.15, 0.2) is 47.7 Å². The summed E-state index contributed by atoms with van der Waals surface area (Å²) in [7, 11) is -0.211. The summed E-state index contributed by atoms with van der Waals surface area (Å²) in [6.45, 7) is 0. The lowest BCUT2D eigenvalue weighted by molar-refractivity contribution is 0.512. The molecule has 0 spiro atoms. The fourth-order valence-electron chi connectivity index (χ4n) is 0.747. The molecular weight excluding hydrogens is 164 g/mol. The molecule has 1 heterocycles. The lowest BCUT2D eigenvalue weighted by Gasteiger charge is -1.92. The first-order chi connectivity index (χ1) is 5.72. The Kier molecular flexibility index (Phi) is 2.97. The highest BCUT2D eigenvalue weighted by molar-refractivity contribution is 6.50. The number of rotatable bonds is 0. The molecule has 12 heavy (non-hydrogen) atoms. The first kappa shape index (κ1) is 8.91. The van der Waals surface area contributed by atoms with Crippen LogP contribution in [0, 0.1) is 0 Å². The molecule has 0 aromatic carbocycles. The molecule has 0 nitrogen and oxygen atoms in total. The molecule has 0 aromatic rings. The summed E-state index contributed by atoms with van der Waals surface area (Å²) in [5.41, 5.74) is -1.08. The molecule has 0 amide bonds. The second-order valence-corrected chi connectivity index (χ2v) is 2.25. The van der Waals surface area contributed by atoms with Crippen LogP contribution < -0.4 is 0 Å². The summed E-state index contributed by atoms with van der Waals surface area (Å²) >= 11 is 0. The minimum atomic E-state index is -1.41. The molecule has 0 aromatic heterocycles. The maximum Gasteiger partial charge on any atom is 0.224 e. The van der Waals surface area contributed by atoms with Crippen molar-refractivity contribution in [3.8, 4) is 0 Å². The minimum Gasteiger partial charge on any atom is -0.220 e. The van der Waals surface area contributed by atoms with Gasteiger partial charge in [-0.2, -0.15) is 0 Å². The van der Waals surface area contributed by atoms with Crippen molar-refractivity contribution in [3.63, 3.8) is 0 Å². The molecule has 0 radical (unpaired) electrons. The third kappa shape index (κ3) is 2.15. The van der Waals surface area contributed by atoms with E-state index in [2.05, 4.69) is 0 Å². The summed E-state index contributed by atoms with van der Waals surface area (Å²) < 4.78 is 37.7. The Balaban J connectivity index is 3.01. The van der Waals surface area contributed by atoms with E-state index in [-0.39, 0.29) is 7.28 Å². The Hall–Kier alpha value is -1.19. The van der Waals surface area contributed by atoms with Crippen LogP contribution in [0.4, 0.5) is 13.2 Å². The number of hydrogen-bond donors (Lipinski definition) is 0. The Morgan fingerprint density at radius 1 is 1.00 bits per heavy atom. The fraction of sp³-hybridized carbons (Fsp3) is 0. The average Bonchev–Trinajstić information content (AvgIpc) is 2.12. The molecule has 1 aliphatic heterocycles. The Morgan fingerprint density at radius 2 is 1.75 bits per heavy atom. The molecule has 0 saturated heterocycles. The van der Waals surface area contributed by atoms with Crippen LogP contribution in [0.1, 0.15) is 0 Å². The largest absolute Gasteiger partial charge is 0.224 e. The predicted molar refractivity (Wildman–Crippen MR) is 43.9 cm³/mol. The summed E-state index contributed by atoms with van der Waals surface area (Å²) in [6, 6.07) is 0. The molecule has 0 bridgehead atoms. The maximum absolute atomic E-state index is 12.6. The molecular formula is C8H6BF3. The minimum absolute atomic E-state index is 0.211. The average molecular weight is 170 g/mol. The third-order valence-electron chi connectivity index (χ3n) is 1.35. The Morgan fingerprint density at radius 3 is 2.50 bits per heavy atom. The second kappa shape index (κ2) is 4.00. The van der Waals surface area contributed by atoms with Gasteiger partial charge in [0.05, 0.1) is 5.73 Å². The van der Waals surface area contributed by atoms with Gasteiger partial charge in [0.25, 0.3) is 0 Å².